The standard InChI is InChI=1S/C39H42N2O19/c1-10-4-16-23(30(49)20(10)36(53)41-17(8-42)37(54)55)22-14(7-15-24(31(22)50)27(46)13-5-12(56-3)6-18(43)21(13)26(15)45)28(47)34(16)59-39-33(52)35(25(40)11(2)58-39)60-38-32(51)29(48)19(44)9-57-38/h4-7,11,17,19,25,28-29,32-35,38-39,42-44,47-52H,8-9,40H2,1-3H3,(H,41,53)(H,54,55)/t11-,17+,19-,25-,28-,29-,32-,33-,34+,35+,38+,39-/m0/s1. The molecule has 2 saturated heterocycles. The summed E-state index contributed by atoms with van der Waals surface area (Å²) < 4.78 is 28.4. The van der Waals surface area contributed by atoms with E-state index in [2.05, 4.69) is 5.32 Å². The molecule has 2 aliphatic heterocycles. The van der Waals surface area contributed by atoms with Gasteiger partial charge in [-0.2, -0.15) is 0 Å². The van der Waals surface area contributed by atoms with Crippen LogP contribution in [0.2, 0.25) is 0 Å². The van der Waals surface area contributed by atoms with Gasteiger partial charge >= 0.3 is 5.97 Å². The van der Waals surface area contributed by atoms with Gasteiger partial charge in [-0.15, -0.1) is 0 Å². The summed E-state index contributed by atoms with van der Waals surface area (Å²) in [6, 6.07) is 1.56. The molecule has 322 valence electrons. The molecule has 0 saturated carbocycles. The highest BCUT2D eigenvalue weighted by atomic mass is 16.7. The molecule has 2 heterocycles. The summed E-state index contributed by atoms with van der Waals surface area (Å²) >= 11 is 0. The van der Waals surface area contributed by atoms with Crippen LogP contribution in [0.5, 0.6) is 23.0 Å². The van der Waals surface area contributed by atoms with Gasteiger partial charge in [0.1, 0.15) is 65.7 Å². The Bertz CT molecular complexity index is 2280. The number of rotatable bonds is 9. The number of nitrogens with one attached hydrogen (secondary N) is 1. The molecule has 21 heteroatoms. The van der Waals surface area contributed by atoms with E-state index in [0.717, 1.165) is 12.1 Å². The fourth-order valence-corrected chi connectivity index (χ4v) is 8.01. The SMILES string of the molecule is COc1cc(O)c2c(c1)C(=O)c1c(cc3c(c1O)-c1c(cc(C)c(C(=O)N[C@H](CO)C(=O)O)c1O)[C@@H](O[C@@H]1O[C@@H](C)[C@H](N)[C@@H](O[C@H]4OC[C@H](O)[C@H](O)[C@@H]4O)[C@@H]1O)[C@H]3O)C2=O. The maximum Gasteiger partial charge on any atom is 0.328 e. The van der Waals surface area contributed by atoms with Gasteiger partial charge in [0.25, 0.3) is 5.91 Å². The average Bonchev–Trinajstić information content (AvgIpc) is 3.20. The molecule has 3 aromatic rings. The number of carbonyl (C=O) groups is 4. The highest BCUT2D eigenvalue weighted by Crippen LogP contribution is 2.57. The van der Waals surface area contributed by atoms with E-state index in [9.17, 15) is 70.2 Å². The number of nitrogens with two attached hydrogens (primary N) is 1. The van der Waals surface area contributed by atoms with Crippen molar-refractivity contribution in [3.8, 4) is 34.1 Å². The van der Waals surface area contributed by atoms with Crippen molar-refractivity contribution in [2.45, 2.75) is 87.3 Å². The van der Waals surface area contributed by atoms with Crippen LogP contribution in [0.3, 0.4) is 0 Å². The lowest BCUT2D eigenvalue weighted by molar-refractivity contribution is -0.337. The van der Waals surface area contributed by atoms with Gasteiger partial charge in [0, 0.05) is 28.3 Å². The van der Waals surface area contributed by atoms with Gasteiger partial charge in [0.2, 0.25) is 0 Å². The lowest BCUT2D eigenvalue weighted by Gasteiger charge is -2.46. The number of aliphatic hydroxyl groups excluding tert-OH is 6. The minimum absolute atomic E-state index is 0.00533. The van der Waals surface area contributed by atoms with Gasteiger partial charge in [-0.05, 0) is 42.7 Å². The minimum atomic E-state index is -1.94. The van der Waals surface area contributed by atoms with E-state index >= 15 is 0 Å². The summed E-state index contributed by atoms with van der Waals surface area (Å²) in [4.78, 5) is 53.3. The normalized spacial score (nSPS) is 30.1. The van der Waals surface area contributed by atoms with Crippen LogP contribution in [0.25, 0.3) is 11.1 Å². The number of ether oxygens (including phenoxy) is 5. The number of carbonyl (C=O) groups excluding carboxylic acids is 3. The largest absolute Gasteiger partial charge is 0.507 e. The Morgan fingerprint density at radius 2 is 1.52 bits per heavy atom. The van der Waals surface area contributed by atoms with Crippen molar-refractivity contribution in [1.82, 2.24) is 5.32 Å². The molecule has 13 N–H and O–H groups in total. The molecule has 3 aromatic carbocycles. The van der Waals surface area contributed by atoms with Crippen molar-refractivity contribution in [1.29, 1.82) is 0 Å². The number of aliphatic hydroxyl groups is 6. The third-order valence-corrected chi connectivity index (χ3v) is 11.2. The summed E-state index contributed by atoms with van der Waals surface area (Å²) in [6.45, 7) is 1.33. The summed E-state index contributed by atoms with van der Waals surface area (Å²) in [5.41, 5.74) is 2.38. The Morgan fingerprint density at radius 3 is 2.17 bits per heavy atom. The highest BCUT2D eigenvalue weighted by Gasteiger charge is 2.51. The molecule has 0 spiro atoms. The number of aliphatic carboxylic acids is 1. The predicted octanol–water partition coefficient (Wildman–Crippen LogP) is -1.90. The number of phenolic OH excluding ortho intramolecular Hbond substituents is 3. The number of amides is 1. The molecule has 4 aliphatic rings. The van der Waals surface area contributed by atoms with Crippen LogP contribution < -0.4 is 15.8 Å². The lowest BCUT2D eigenvalue weighted by Crippen LogP contribution is -2.64. The molecule has 60 heavy (non-hydrogen) atoms. The zero-order chi connectivity index (χ0) is 43.8. The van der Waals surface area contributed by atoms with E-state index in [1.165, 1.54) is 33.1 Å². The second-order valence-electron chi connectivity index (χ2n) is 14.9. The van der Waals surface area contributed by atoms with Gasteiger partial charge < -0.3 is 85.8 Å². The molecular weight excluding hydrogens is 800 g/mol. The van der Waals surface area contributed by atoms with Gasteiger partial charge in [0.15, 0.2) is 30.2 Å². The van der Waals surface area contributed by atoms with Crippen LogP contribution in [0, 0.1) is 6.92 Å². The maximum atomic E-state index is 14.1. The van der Waals surface area contributed by atoms with E-state index in [-0.39, 0.29) is 28.0 Å². The zero-order valence-corrected chi connectivity index (χ0v) is 31.9. The van der Waals surface area contributed by atoms with E-state index in [4.69, 9.17) is 29.4 Å². The number of phenols is 3. The molecule has 2 aliphatic carbocycles. The summed E-state index contributed by atoms with van der Waals surface area (Å²) in [5.74, 6) is -7.24. The van der Waals surface area contributed by atoms with Crippen LogP contribution in [-0.4, -0.2) is 156 Å². The number of fused-ring (bicyclic) bond motifs is 5. The molecule has 7 rings (SSSR count). The molecule has 0 radical (unpaired) electrons. The Hall–Kier alpha value is -5.30. The molecule has 0 bridgehead atoms. The van der Waals surface area contributed by atoms with Gasteiger partial charge in [-0.25, -0.2) is 4.79 Å². The molecule has 0 aromatic heterocycles. The Morgan fingerprint density at radius 1 is 0.867 bits per heavy atom. The van der Waals surface area contributed by atoms with Crippen LogP contribution in [0.1, 0.15) is 78.0 Å². The van der Waals surface area contributed by atoms with Gasteiger partial charge in [-0.3, -0.25) is 14.4 Å². The number of hydrogen-bond donors (Lipinski definition) is 12. The first-order chi connectivity index (χ1) is 28.3. The van der Waals surface area contributed by atoms with E-state index < -0.39 is 161 Å². The first-order valence-corrected chi connectivity index (χ1v) is 18.5. The quantitative estimate of drug-likeness (QED) is 0.0875. The fourth-order valence-electron chi connectivity index (χ4n) is 8.01. The first-order valence-electron chi connectivity index (χ1n) is 18.5. The van der Waals surface area contributed by atoms with Crippen molar-refractivity contribution in [2.24, 2.45) is 5.73 Å². The number of benzene rings is 3. The fraction of sp³-hybridized carbons (Fsp3) is 0.436. The molecule has 0 unspecified atom stereocenters. The Kier molecular flexibility index (Phi) is 11.4. The van der Waals surface area contributed by atoms with Crippen LogP contribution in [-0.2, 0) is 23.7 Å². The number of hydrogen-bond acceptors (Lipinski definition) is 19. The minimum Gasteiger partial charge on any atom is -0.507 e. The molecule has 12 atom stereocenters. The summed E-state index contributed by atoms with van der Waals surface area (Å²) in [6.07, 6.45) is -16.2. The number of methoxy groups -OCH3 is 1. The molecular formula is C39H42N2O19. The third kappa shape index (κ3) is 6.82. The third-order valence-electron chi connectivity index (χ3n) is 11.2. The van der Waals surface area contributed by atoms with E-state index in [1.54, 1.807) is 0 Å². The highest BCUT2D eigenvalue weighted by molar-refractivity contribution is 6.31. The smallest absolute Gasteiger partial charge is 0.328 e. The molecule has 2 fully saturated rings. The molecule has 1 amide bonds. The Labute approximate surface area is 338 Å². The van der Waals surface area contributed by atoms with Crippen molar-refractivity contribution in [3.05, 3.63) is 68.8 Å². The van der Waals surface area contributed by atoms with Gasteiger partial charge in [-0.1, -0.05) is 6.07 Å². The van der Waals surface area contributed by atoms with Crippen LogP contribution in [0.4, 0.5) is 0 Å². The second kappa shape index (κ2) is 15.9. The number of carboxylic acid groups (broad SMARTS) is 1. The first kappa shape index (κ1) is 42.8. The predicted molar refractivity (Wildman–Crippen MR) is 197 cm³/mol. The molecule has 21 nitrogen and oxygen atoms in total. The van der Waals surface area contributed by atoms with Crippen LogP contribution in [0.15, 0.2) is 24.3 Å². The van der Waals surface area contributed by atoms with Crippen molar-refractivity contribution >= 4 is 23.4 Å². The maximum absolute atomic E-state index is 14.1. The second-order valence-corrected chi connectivity index (χ2v) is 14.9. The van der Waals surface area contributed by atoms with Crippen LogP contribution >= 0.6 is 0 Å². The monoisotopic (exact) mass is 842 g/mol. The van der Waals surface area contributed by atoms with Gasteiger partial charge in [0.05, 0.1) is 49.2 Å². The topological polar surface area (TPSA) is 355 Å². The van der Waals surface area contributed by atoms with E-state index in [0.29, 0.717) is 0 Å². The Balaban J connectivity index is 1.37. The number of carboxylic acids is 1. The number of aromatic hydroxyl groups is 3. The summed E-state index contributed by atoms with van der Waals surface area (Å²) in [7, 11) is 1.25. The van der Waals surface area contributed by atoms with Crippen molar-refractivity contribution in [3.63, 3.8) is 0 Å². The number of aryl methyl sites for hydroxylation is 1. The average molecular weight is 843 g/mol. The van der Waals surface area contributed by atoms with E-state index in [1.807, 2.05) is 0 Å². The van der Waals surface area contributed by atoms with Crippen molar-refractivity contribution in [2.75, 3.05) is 20.3 Å². The summed E-state index contributed by atoms with van der Waals surface area (Å²) in [5, 5.41) is 110. The number of ketones is 2. The van der Waals surface area contributed by atoms with Crippen molar-refractivity contribution < 1.29 is 93.9 Å². The zero-order valence-electron chi connectivity index (χ0n) is 31.9. The lowest BCUT2D eigenvalue weighted by atomic mass is 9.74.